The van der Waals surface area contributed by atoms with Gasteiger partial charge in [-0.15, -0.1) is 11.3 Å². The molecule has 1 aromatic heterocycles. The van der Waals surface area contributed by atoms with Gasteiger partial charge in [0.25, 0.3) is 0 Å². The van der Waals surface area contributed by atoms with Crippen molar-refractivity contribution in [1.82, 2.24) is 4.98 Å². The first-order chi connectivity index (χ1) is 10.7. The van der Waals surface area contributed by atoms with Crippen LogP contribution < -0.4 is 0 Å². The van der Waals surface area contributed by atoms with Crippen LogP contribution in [0.4, 0.5) is 0 Å². The van der Waals surface area contributed by atoms with Crippen LogP contribution in [0.25, 0.3) is 16.0 Å². The first-order valence-corrected chi connectivity index (χ1v) is 8.68. The molecule has 0 fully saturated rings. The van der Waals surface area contributed by atoms with Gasteiger partial charge in [-0.3, -0.25) is 0 Å². The molecule has 0 spiro atoms. The molecule has 1 heterocycles. The molecular formula is C19H22N2S. The number of aryl methyl sites for hydroxylation is 1. The van der Waals surface area contributed by atoms with E-state index in [1.54, 1.807) is 11.3 Å². The zero-order valence-electron chi connectivity index (χ0n) is 13.5. The molecule has 0 saturated carbocycles. The fourth-order valence-corrected chi connectivity index (χ4v) is 3.52. The Balaban J connectivity index is 2.35. The predicted molar refractivity (Wildman–Crippen MR) is 94.8 cm³/mol. The Morgan fingerprint density at radius 3 is 2.55 bits per heavy atom. The summed E-state index contributed by atoms with van der Waals surface area (Å²) in [5.41, 5.74) is 4.28. The maximum absolute atomic E-state index is 8.90. The van der Waals surface area contributed by atoms with Gasteiger partial charge in [0.05, 0.1) is 22.2 Å². The van der Waals surface area contributed by atoms with Crippen molar-refractivity contribution in [3.05, 3.63) is 46.6 Å². The highest BCUT2D eigenvalue weighted by Gasteiger charge is 2.12. The molecule has 0 unspecified atom stereocenters. The molecule has 3 heteroatoms. The van der Waals surface area contributed by atoms with Gasteiger partial charge in [0.1, 0.15) is 5.01 Å². The van der Waals surface area contributed by atoms with Crippen LogP contribution in [0.15, 0.2) is 30.3 Å². The van der Waals surface area contributed by atoms with Crippen LogP contribution in [-0.4, -0.2) is 4.98 Å². The molecular weight excluding hydrogens is 288 g/mol. The molecule has 22 heavy (non-hydrogen) atoms. The molecule has 0 aliphatic carbocycles. The highest BCUT2D eigenvalue weighted by molar-refractivity contribution is 7.16. The number of hydrogen-bond acceptors (Lipinski definition) is 3. The molecule has 2 aromatic rings. The van der Waals surface area contributed by atoms with Crippen molar-refractivity contribution in [2.24, 2.45) is 0 Å². The van der Waals surface area contributed by atoms with Crippen LogP contribution in [0.2, 0.25) is 0 Å². The summed E-state index contributed by atoms with van der Waals surface area (Å²) in [6.45, 7) is 6.48. The molecule has 0 radical (unpaired) electrons. The van der Waals surface area contributed by atoms with Crippen LogP contribution in [0.5, 0.6) is 0 Å². The number of nitrogens with zero attached hydrogens (tertiary/aromatic N) is 2. The Kier molecular flexibility index (Phi) is 5.91. The van der Waals surface area contributed by atoms with Gasteiger partial charge in [-0.05, 0) is 43.0 Å². The summed E-state index contributed by atoms with van der Waals surface area (Å²) < 4.78 is 0. The van der Waals surface area contributed by atoms with Crippen molar-refractivity contribution in [2.75, 3.05) is 0 Å². The summed E-state index contributed by atoms with van der Waals surface area (Å²) in [6, 6.07) is 9.92. The van der Waals surface area contributed by atoms with Crippen LogP contribution in [0.1, 0.15) is 55.8 Å². The summed E-state index contributed by atoms with van der Waals surface area (Å²) >= 11 is 1.76. The fraction of sp³-hybridized carbons (Fsp3) is 0.368. The number of allylic oxidation sites excluding steroid dienone is 2. The molecule has 0 atom stereocenters. The molecule has 2 rings (SSSR count). The summed E-state index contributed by atoms with van der Waals surface area (Å²) in [7, 11) is 0. The SMILES string of the molecule is CCC/C=C(\CCC)c1nc(C)c(-c2ccc(C#N)cc2)s1. The maximum atomic E-state index is 8.90. The van der Waals surface area contributed by atoms with E-state index in [4.69, 9.17) is 10.2 Å². The minimum absolute atomic E-state index is 0.695. The number of benzene rings is 1. The van der Waals surface area contributed by atoms with Crippen LogP contribution in [-0.2, 0) is 0 Å². The highest BCUT2D eigenvalue weighted by Crippen LogP contribution is 2.34. The van der Waals surface area contributed by atoms with E-state index in [1.165, 1.54) is 16.9 Å². The van der Waals surface area contributed by atoms with E-state index < -0.39 is 0 Å². The Bertz CT molecular complexity index is 687. The van der Waals surface area contributed by atoms with Gasteiger partial charge < -0.3 is 0 Å². The second-order valence-corrected chi connectivity index (χ2v) is 6.39. The van der Waals surface area contributed by atoms with Gasteiger partial charge in [-0.1, -0.05) is 44.9 Å². The van der Waals surface area contributed by atoms with Gasteiger partial charge in [-0.2, -0.15) is 5.26 Å². The third-order valence-electron chi connectivity index (χ3n) is 3.55. The third kappa shape index (κ3) is 3.84. The second-order valence-electron chi connectivity index (χ2n) is 5.39. The normalized spacial score (nSPS) is 11.5. The molecule has 0 N–H and O–H groups in total. The van der Waals surface area contributed by atoms with E-state index in [0.717, 1.165) is 35.5 Å². The number of thiazole rings is 1. The monoisotopic (exact) mass is 310 g/mol. The van der Waals surface area contributed by atoms with Crippen molar-refractivity contribution < 1.29 is 0 Å². The van der Waals surface area contributed by atoms with Crippen LogP contribution in [0.3, 0.4) is 0 Å². The predicted octanol–water partition coefficient (Wildman–Crippen LogP) is 5.97. The third-order valence-corrected chi connectivity index (χ3v) is 4.83. The standard InChI is InChI=1S/C19H22N2S/c1-4-6-8-17(7-5-2)19-21-14(3)18(22-19)16-11-9-15(13-20)10-12-16/h8-12H,4-7H2,1-3H3/b17-8+. The number of rotatable bonds is 6. The molecule has 0 aliphatic rings. The van der Waals surface area contributed by atoms with Crippen LogP contribution >= 0.6 is 11.3 Å². The minimum atomic E-state index is 0.695. The van der Waals surface area contributed by atoms with E-state index in [9.17, 15) is 0 Å². The fourth-order valence-electron chi connectivity index (χ4n) is 2.38. The number of hydrogen-bond donors (Lipinski definition) is 0. The highest BCUT2D eigenvalue weighted by atomic mass is 32.1. The Labute approximate surface area is 137 Å². The van der Waals surface area contributed by atoms with Gasteiger partial charge in [0.2, 0.25) is 0 Å². The Hall–Kier alpha value is -1.92. The first kappa shape index (κ1) is 16.5. The Morgan fingerprint density at radius 2 is 1.95 bits per heavy atom. The van der Waals surface area contributed by atoms with Crippen LogP contribution in [0, 0.1) is 18.3 Å². The summed E-state index contributed by atoms with van der Waals surface area (Å²) in [4.78, 5) is 5.99. The lowest BCUT2D eigenvalue weighted by atomic mass is 10.1. The zero-order valence-corrected chi connectivity index (χ0v) is 14.3. The molecule has 0 bridgehead atoms. The lowest BCUT2D eigenvalue weighted by molar-refractivity contribution is 0.931. The number of unbranched alkanes of at least 4 members (excludes halogenated alkanes) is 1. The molecule has 2 nitrogen and oxygen atoms in total. The van der Waals surface area contributed by atoms with E-state index in [-0.39, 0.29) is 0 Å². The lowest BCUT2D eigenvalue weighted by Crippen LogP contribution is -1.84. The average Bonchev–Trinajstić information content (AvgIpc) is 2.93. The zero-order chi connectivity index (χ0) is 15.9. The molecule has 114 valence electrons. The van der Waals surface area contributed by atoms with Gasteiger partial charge in [-0.25, -0.2) is 4.98 Å². The quantitative estimate of drug-likeness (QED) is 0.658. The topological polar surface area (TPSA) is 36.7 Å². The maximum Gasteiger partial charge on any atom is 0.119 e. The number of nitriles is 1. The summed E-state index contributed by atoms with van der Waals surface area (Å²) in [5.74, 6) is 0. The molecule has 0 saturated heterocycles. The van der Waals surface area contributed by atoms with Crippen molar-refractivity contribution in [1.29, 1.82) is 5.26 Å². The van der Waals surface area contributed by atoms with E-state index in [0.29, 0.717) is 5.56 Å². The molecule has 0 amide bonds. The van der Waals surface area contributed by atoms with Gasteiger partial charge in [0.15, 0.2) is 0 Å². The van der Waals surface area contributed by atoms with E-state index >= 15 is 0 Å². The van der Waals surface area contributed by atoms with E-state index in [1.807, 2.05) is 24.3 Å². The summed E-state index contributed by atoms with van der Waals surface area (Å²) in [6.07, 6.45) is 6.84. The van der Waals surface area contributed by atoms with Crippen molar-refractivity contribution in [3.8, 4) is 16.5 Å². The van der Waals surface area contributed by atoms with E-state index in [2.05, 4.69) is 32.9 Å². The molecule has 0 aliphatic heterocycles. The lowest BCUT2D eigenvalue weighted by Gasteiger charge is -2.01. The van der Waals surface area contributed by atoms with Gasteiger partial charge >= 0.3 is 0 Å². The Morgan fingerprint density at radius 1 is 1.23 bits per heavy atom. The van der Waals surface area contributed by atoms with Crippen molar-refractivity contribution in [2.45, 2.75) is 46.5 Å². The smallest absolute Gasteiger partial charge is 0.119 e. The minimum Gasteiger partial charge on any atom is -0.241 e. The summed E-state index contributed by atoms with van der Waals surface area (Å²) in [5, 5.41) is 10.1. The average molecular weight is 310 g/mol. The van der Waals surface area contributed by atoms with Crippen molar-refractivity contribution in [3.63, 3.8) is 0 Å². The second kappa shape index (κ2) is 7.91. The van der Waals surface area contributed by atoms with Crippen molar-refractivity contribution >= 4 is 16.9 Å². The largest absolute Gasteiger partial charge is 0.241 e. The molecule has 1 aromatic carbocycles. The first-order valence-electron chi connectivity index (χ1n) is 7.87. The number of aromatic nitrogens is 1. The van der Waals surface area contributed by atoms with Gasteiger partial charge in [0, 0.05) is 0 Å².